The number of hydrogen-bond donors (Lipinski definition) is 1. The molecule has 1 fully saturated rings. The van der Waals surface area contributed by atoms with Gasteiger partial charge in [-0.05, 0) is 18.1 Å². The molecule has 1 aromatic carbocycles. The monoisotopic (exact) mass is 389 g/mol. The Kier molecular flexibility index (Phi) is 8.75. The predicted octanol–water partition coefficient (Wildman–Crippen LogP) is 4.72. The first kappa shape index (κ1) is 21.5. The molecule has 0 radical (unpaired) electrons. The standard InChI is InChI=1S/C18H24ClN3.2ClH/c1-3-13(2)17(22-10-8-20-9-11-22)15-12-14-6-4-5-7-16(14)21-18(15)19;;/h4-7,12-13,17,20H,3,8-11H2,1-2H3;2*1H/t13?,17-;;/m0../s1. The van der Waals surface area contributed by atoms with Crippen LogP contribution in [0.15, 0.2) is 30.3 Å². The maximum absolute atomic E-state index is 6.56. The lowest BCUT2D eigenvalue weighted by atomic mass is 9.90. The highest BCUT2D eigenvalue weighted by atomic mass is 35.5. The van der Waals surface area contributed by atoms with Gasteiger partial charge in [0.1, 0.15) is 5.15 Å². The highest BCUT2D eigenvalue weighted by molar-refractivity contribution is 6.30. The van der Waals surface area contributed by atoms with Crippen molar-refractivity contribution >= 4 is 47.3 Å². The molecule has 0 aliphatic carbocycles. The van der Waals surface area contributed by atoms with E-state index in [1.165, 1.54) is 10.9 Å². The fourth-order valence-electron chi connectivity index (χ4n) is 3.36. The number of halogens is 3. The number of piperazine rings is 1. The van der Waals surface area contributed by atoms with E-state index in [1.54, 1.807) is 0 Å². The second-order valence-corrected chi connectivity index (χ2v) is 6.54. The Morgan fingerprint density at radius 1 is 1.21 bits per heavy atom. The third-order valence-electron chi connectivity index (χ3n) is 4.75. The minimum atomic E-state index is 0. The van der Waals surface area contributed by atoms with Gasteiger partial charge in [-0.1, -0.05) is 50.1 Å². The van der Waals surface area contributed by atoms with Crippen LogP contribution in [0.5, 0.6) is 0 Å². The summed E-state index contributed by atoms with van der Waals surface area (Å²) in [5, 5.41) is 5.26. The van der Waals surface area contributed by atoms with Gasteiger partial charge in [0, 0.05) is 43.2 Å². The Morgan fingerprint density at radius 3 is 2.54 bits per heavy atom. The summed E-state index contributed by atoms with van der Waals surface area (Å²) in [7, 11) is 0. The van der Waals surface area contributed by atoms with Crippen molar-refractivity contribution in [3.8, 4) is 0 Å². The molecule has 1 aromatic heterocycles. The van der Waals surface area contributed by atoms with E-state index in [9.17, 15) is 0 Å². The Balaban J connectivity index is 0.00000144. The maximum Gasteiger partial charge on any atom is 0.134 e. The summed E-state index contributed by atoms with van der Waals surface area (Å²) in [5.41, 5.74) is 2.15. The summed E-state index contributed by atoms with van der Waals surface area (Å²) in [6, 6.07) is 10.8. The number of hydrogen-bond acceptors (Lipinski definition) is 3. The number of para-hydroxylation sites is 1. The normalized spacial score (nSPS) is 17.6. The summed E-state index contributed by atoms with van der Waals surface area (Å²) in [6.45, 7) is 8.80. The number of nitrogens with zero attached hydrogens (tertiary/aromatic N) is 2. The molecule has 24 heavy (non-hydrogen) atoms. The van der Waals surface area contributed by atoms with Gasteiger partial charge in [0.15, 0.2) is 0 Å². The lowest BCUT2D eigenvalue weighted by molar-refractivity contribution is 0.128. The quantitative estimate of drug-likeness (QED) is 0.765. The van der Waals surface area contributed by atoms with Crippen molar-refractivity contribution in [1.29, 1.82) is 0 Å². The molecular weight excluding hydrogens is 365 g/mol. The van der Waals surface area contributed by atoms with Crippen LogP contribution in [0.25, 0.3) is 10.9 Å². The average molecular weight is 391 g/mol. The summed E-state index contributed by atoms with van der Waals surface area (Å²) in [5.74, 6) is 0.554. The summed E-state index contributed by atoms with van der Waals surface area (Å²) in [6.07, 6.45) is 1.14. The molecule has 1 aliphatic heterocycles. The molecular formula is C18H26Cl3N3. The van der Waals surface area contributed by atoms with Crippen LogP contribution in [0.1, 0.15) is 31.9 Å². The van der Waals surface area contributed by atoms with Crippen molar-refractivity contribution in [3.63, 3.8) is 0 Å². The van der Waals surface area contributed by atoms with E-state index in [0.29, 0.717) is 17.1 Å². The van der Waals surface area contributed by atoms with Crippen LogP contribution in [0.3, 0.4) is 0 Å². The van der Waals surface area contributed by atoms with E-state index in [4.69, 9.17) is 11.6 Å². The van der Waals surface area contributed by atoms with Gasteiger partial charge in [-0.25, -0.2) is 4.98 Å². The average Bonchev–Trinajstić information content (AvgIpc) is 2.56. The maximum atomic E-state index is 6.56. The van der Waals surface area contributed by atoms with Crippen LogP contribution in [-0.2, 0) is 0 Å². The van der Waals surface area contributed by atoms with Crippen LogP contribution in [-0.4, -0.2) is 36.1 Å². The number of pyridine rings is 1. The second kappa shape index (κ2) is 9.79. The Bertz CT molecular complexity index is 644. The van der Waals surface area contributed by atoms with E-state index in [2.05, 4.69) is 47.2 Å². The first-order valence-electron chi connectivity index (χ1n) is 8.20. The zero-order valence-electron chi connectivity index (χ0n) is 14.2. The Morgan fingerprint density at radius 2 is 1.88 bits per heavy atom. The van der Waals surface area contributed by atoms with E-state index in [-0.39, 0.29) is 24.8 Å². The Hall–Kier alpha value is -0.580. The van der Waals surface area contributed by atoms with Crippen molar-refractivity contribution in [2.24, 2.45) is 5.92 Å². The van der Waals surface area contributed by atoms with E-state index < -0.39 is 0 Å². The van der Waals surface area contributed by atoms with Crippen LogP contribution < -0.4 is 5.32 Å². The van der Waals surface area contributed by atoms with Gasteiger partial charge in [-0.15, -0.1) is 24.8 Å². The topological polar surface area (TPSA) is 28.2 Å². The molecule has 0 bridgehead atoms. The zero-order valence-corrected chi connectivity index (χ0v) is 16.6. The first-order chi connectivity index (χ1) is 10.7. The smallest absolute Gasteiger partial charge is 0.134 e. The van der Waals surface area contributed by atoms with Crippen LogP contribution in [0.4, 0.5) is 0 Å². The van der Waals surface area contributed by atoms with Gasteiger partial charge in [0.25, 0.3) is 0 Å². The highest BCUT2D eigenvalue weighted by Gasteiger charge is 2.28. The van der Waals surface area contributed by atoms with Gasteiger partial charge in [0.05, 0.1) is 5.52 Å². The molecule has 0 spiro atoms. The van der Waals surface area contributed by atoms with Crippen molar-refractivity contribution in [3.05, 3.63) is 41.0 Å². The molecule has 134 valence electrons. The van der Waals surface area contributed by atoms with E-state index in [1.807, 2.05) is 12.1 Å². The molecule has 0 saturated carbocycles. The van der Waals surface area contributed by atoms with Gasteiger partial charge < -0.3 is 5.32 Å². The fourth-order valence-corrected chi connectivity index (χ4v) is 3.62. The number of rotatable bonds is 4. The van der Waals surface area contributed by atoms with Crippen LogP contribution in [0.2, 0.25) is 5.15 Å². The molecule has 3 nitrogen and oxygen atoms in total. The SMILES string of the molecule is CCC(C)[C@@H](c1cc2ccccc2nc1Cl)N1CCNCC1.Cl.Cl. The van der Waals surface area contributed by atoms with Crippen molar-refractivity contribution in [2.75, 3.05) is 26.2 Å². The largest absolute Gasteiger partial charge is 0.314 e. The van der Waals surface area contributed by atoms with Crippen LogP contribution >= 0.6 is 36.4 Å². The van der Waals surface area contributed by atoms with E-state index in [0.717, 1.165) is 38.1 Å². The third-order valence-corrected chi connectivity index (χ3v) is 5.05. The molecule has 1 unspecified atom stereocenters. The molecule has 1 aliphatic rings. The highest BCUT2D eigenvalue weighted by Crippen LogP contribution is 2.36. The van der Waals surface area contributed by atoms with Gasteiger partial charge >= 0.3 is 0 Å². The summed E-state index contributed by atoms with van der Waals surface area (Å²) >= 11 is 6.56. The molecule has 2 aromatic rings. The molecule has 1 saturated heterocycles. The first-order valence-corrected chi connectivity index (χ1v) is 8.58. The number of nitrogens with one attached hydrogen (secondary N) is 1. The number of aromatic nitrogens is 1. The molecule has 0 amide bonds. The van der Waals surface area contributed by atoms with Gasteiger partial charge in [-0.2, -0.15) is 0 Å². The van der Waals surface area contributed by atoms with E-state index >= 15 is 0 Å². The van der Waals surface area contributed by atoms with Crippen LogP contribution in [0, 0.1) is 5.92 Å². The van der Waals surface area contributed by atoms with Crippen molar-refractivity contribution in [1.82, 2.24) is 15.2 Å². The fraction of sp³-hybridized carbons (Fsp3) is 0.500. The minimum Gasteiger partial charge on any atom is -0.314 e. The Labute approximate surface area is 162 Å². The lowest BCUT2D eigenvalue weighted by Crippen LogP contribution is -2.46. The molecule has 1 N–H and O–H groups in total. The summed E-state index contributed by atoms with van der Waals surface area (Å²) in [4.78, 5) is 7.19. The van der Waals surface area contributed by atoms with Gasteiger partial charge in [0.2, 0.25) is 0 Å². The predicted molar refractivity (Wildman–Crippen MR) is 108 cm³/mol. The van der Waals surface area contributed by atoms with Gasteiger partial charge in [-0.3, -0.25) is 4.90 Å². The molecule has 2 atom stereocenters. The number of benzene rings is 1. The van der Waals surface area contributed by atoms with Crippen molar-refractivity contribution in [2.45, 2.75) is 26.3 Å². The number of fused-ring (bicyclic) bond motifs is 1. The molecule has 3 rings (SSSR count). The second-order valence-electron chi connectivity index (χ2n) is 6.18. The third kappa shape index (κ3) is 4.53. The van der Waals surface area contributed by atoms with Crippen molar-refractivity contribution < 1.29 is 0 Å². The lowest BCUT2D eigenvalue weighted by Gasteiger charge is -2.38. The molecule has 2 heterocycles. The minimum absolute atomic E-state index is 0. The zero-order chi connectivity index (χ0) is 15.5. The summed E-state index contributed by atoms with van der Waals surface area (Å²) < 4.78 is 0. The molecule has 6 heteroatoms.